The molecular formula is C23H25N5O4S. The number of hydrogen-bond donors (Lipinski definition) is 1. The third-order valence-corrected chi connectivity index (χ3v) is 6.60. The molecular weight excluding hydrogens is 442 g/mol. The van der Waals surface area contributed by atoms with E-state index in [1.807, 2.05) is 42.7 Å². The molecule has 172 valence electrons. The van der Waals surface area contributed by atoms with Crippen molar-refractivity contribution in [2.24, 2.45) is 0 Å². The molecule has 33 heavy (non-hydrogen) atoms. The van der Waals surface area contributed by atoms with Gasteiger partial charge in [-0.25, -0.2) is 0 Å². The maximum Gasteiger partial charge on any atom is 0.269 e. The number of nitrogens with zero attached hydrogens (tertiary/aromatic N) is 4. The number of aromatic nitrogens is 3. The van der Waals surface area contributed by atoms with E-state index in [-0.39, 0.29) is 17.7 Å². The second kappa shape index (κ2) is 10.1. The number of anilines is 1. The average molecular weight is 468 g/mol. The number of amides is 1. The molecule has 2 aromatic carbocycles. The summed E-state index contributed by atoms with van der Waals surface area (Å²) in [5.74, 6) is 0.465. The molecule has 0 spiro atoms. The first-order valence-corrected chi connectivity index (χ1v) is 11.6. The fourth-order valence-electron chi connectivity index (χ4n) is 3.64. The summed E-state index contributed by atoms with van der Waals surface area (Å²) >= 11 is 1.32. The van der Waals surface area contributed by atoms with Gasteiger partial charge in [0.25, 0.3) is 5.69 Å². The minimum Gasteiger partial charge on any atom is -0.376 e. The average Bonchev–Trinajstić information content (AvgIpc) is 3.46. The third kappa shape index (κ3) is 5.40. The Bertz CT molecular complexity index is 1140. The Morgan fingerprint density at radius 2 is 2.03 bits per heavy atom. The summed E-state index contributed by atoms with van der Waals surface area (Å²) in [5, 5.41) is 22.9. The summed E-state index contributed by atoms with van der Waals surface area (Å²) in [6.07, 6.45) is 1.97. The number of nitro benzene ring substituents is 1. The smallest absolute Gasteiger partial charge is 0.269 e. The van der Waals surface area contributed by atoms with Crippen molar-refractivity contribution in [1.29, 1.82) is 0 Å². The second-order valence-electron chi connectivity index (χ2n) is 7.92. The summed E-state index contributed by atoms with van der Waals surface area (Å²) in [7, 11) is 0. The first-order chi connectivity index (χ1) is 15.9. The van der Waals surface area contributed by atoms with Crippen LogP contribution in [0.2, 0.25) is 0 Å². The minimum absolute atomic E-state index is 0.0139. The maximum absolute atomic E-state index is 12.8. The Kier molecular flexibility index (Phi) is 7.05. The van der Waals surface area contributed by atoms with E-state index < -0.39 is 10.2 Å². The van der Waals surface area contributed by atoms with Crippen LogP contribution in [0.4, 0.5) is 11.4 Å². The molecule has 2 heterocycles. The summed E-state index contributed by atoms with van der Waals surface area (Å²) in [6.45, 7) is 5.04. The van der Waals surface area contributed by atoms with Crippen molar-refractivity contribution >= 4 is 29.0 Å². The lowest BCUT2D eigenvalue weighted by atomic mass is 10.2. The van der Waals surface area contributed by atoms with E-state index in [1.165, 1.54) is 23.9 Å². The van der Waals surface area contributed by atoms with E-state index in [2.05, 4.69) is 15.5 Å². The molecule has 1 fully saturated rings. The second-order valence-corrected chi connectivity index (χ2v) is 9.23. The van der Waals surface area contributed by atoms with Crippen LogP contribution in [0.25, 0.3) is 11.4 Å². The van der Waals surface area contributed by atoms with Crippen LogP contribution in [0.1, 0.15) is 25.3 Å². The van der Waals surface area contributed by atoms with Gasteiger partial charge in [0, 0.05) is 30.0 Å². The molecule has 2 atom stereocenters. The van der Waals surface area contributed by atoms with Gasteiger partial charge in [0.05, 0.1) is 22.8 Å². The number of non-ortho nitro benzene ring substituents is 1. The molecule has 1 amide bonds. The number of thioether (sulfide) groups is 1. The van der Waals surface area contributed by atoms with E-state index in [9.17, 15) is 14.9 Å². The highest BCUT2D eigenvalue weighted by Gasteiger charge is 2.25. The largest absolute Gasteiger partial charge is 0.376 e. The molecule has 0 unspecified atom stereocenters. The number of aryl methyl sites for hydroxylation is 1. The lowest BCUT2D eigenvalue weighted by Gasteiger charge is -2.17. The van der Waals surface area contributed by atoms with Crippen LogP contribution in [0.15, 0.2) is 53.7 Å². The van der Waals surface area contributed by atoms with Gasteiger partial charge in [0.1, 0.15) is 0 Å². The molecule has 1 aliphatic rings. The van der Waals surface area contributed by atoms with Gasteiger partial charge in [-0.3, -0.25) is 19.5 Å². The molecule has 9 nitrogen and oxygen atoms in total. The summed E-state index contributed by atoms with van der Waals surface area (Å²) in [4.78, 5) is 23.4. The maximum atomic E-state index is 12.8. The molecule has 3 aromatic rings. The lowest BCUT2D eigenvalue weighted by molar-refractivity contribution is -0.384. The van der Waals surface area contributed by atoms with Gasteiger partial charge in [0.2, 0.25) is 5.91 Å². The van der Waals surface area contributed by atoms with Crippen molar-refractivity contribution in [2.75, 3.05) is 11.9 Å². The SMILES string of the molecule is Cc1ccccc1NC(=O)[C@@H](C)Sc1nnc(-c2ccc([N+](=O)[O-])cc2)n1C[C@H]1CCCO1. The van der Waals surface area contributed by atoms with Crippen LogP contribution in [0.5, 0.6) is 0 Å². The van der Waals surface area contributed by atoms with Crippen LogP contribution in [0.3, 0.4) is 0 Å². The highest BCUT2D eigenvalue weighted by molar-refractivity contribution is 8.00. The van der Waals surface area contributed by atoms with Crippen molar-refractivity contribution in [3.63, 3.8) is 0 Å². The lowest BCUT2D eigenvalue weighted by Crippen LogP contribution is -2.24. The Hall–Kier alpha value is -3.24. The number of benzene rings is 2. The number of nitrogens with one attached hydrogen (secondary N) is 1. The highest BCUT2D eigenvalue weighted by Crippen LogP contribution is 2.30. The third-order valence-electron chi connectivity index (χ3n) is 5.52. The van der Waals surface area contributed by atoms with Crippen LogP contribution in [-0.4, -0.2) is 43.6 Å². The van der Waals surface area contributed by atoms with E-state index in [0.29, 0.717) is 17.5 Å². The summed E-state index contributed by atoms with van der Waals surface area (Å²) < 4.78 is 7.76. The number of para-hydroxylation sites is 1. The van der Waals surface area contributed by atoms with Gasteiger partial charge in [-0.15, -0.1) is 10.2 Å². The van der Waals surface area contributed by atoms with Gasteiger partial charge in [0.15, 0.2) is 11.0 Å². The fraction of sp³-hybridized carbons (Fsp3) is 0.348. The van der Waals surface area contributed by atoms with Crippen LogP contribution in [0, 0.1) is 17.0 Å². The normalized spacial score (nSPS) is 16.5. The fourth-order valence-corrected chi connectivity index (χ4v) is 4.50. The van der Waals surface area contributed by atoms with Crippen molar-refractivity contribution < 1.29 is 14.5 Å². The molecule has 4 rings (SSSR count). The molecule has 1 saturated heterocycles. The van der Waals surface area contributed by atoms with Crippen molar-refractivity contribution in [2.45, 2.75) is 49.7 Å². The molecule has 1 aliphatic heterocycles. The number of ether oxygens (including phenoxy) is 1. The van der Waals surface area contributed by atoms with E-state index in [1.54, 1.807) is 12.1 Å². The van der Waals surface area contributed by atoms with Gasteiger partial charge < -0.3 is 10.1 Å². The number of rotatable bonds is 8. The zero-order valence-corrected chi connectivity index (χ0v) is 19.2. The topological polar surface area (TPSA) is 112 Å². The highest BCUT2D eigenvalue weighted by atomic mass is 32.2. The number of carbonyl (C=O) groups is 1. The first kappa shape index (κ1) is 22.9. The monoisotopic (exact) mass is 467 g/mol. The molecule has 0 aliphatic carbocycles. The Balaban J connectivity index is 1.57. The Morgan fingerprint density at radius 1 is 1.27 bits per heavy atom. The van der Waals surface area contributed by atoms with Crippen molar-refractivity contribution in [3.05, 3.63) is 64.2 Å². The van der Waals surface area contributed by atoms with Gasteiger partial charge >= 0.3 is 0 Å². The van der Waals surface area contributed by atoms with E-state index >= 15 is 0 Å². The van der Waals surface area contributed by atoms with E-state index in [4.69, 9.17) is 4.74 Å². The van der Waals surface area contributed by atoms with Gasteiger partial charge in [-0.2, -0.15) is 0 Å². The summed E-state index contributed by atoms with van der Waals surface area (Å²) in [6, 6.07) is 13.9. The quantitative estimate of drug-likeness (QED) is 0.296. The van der Waals surface area contributed by atoms with Gasteiger partial charge in [-0.1, -0.05) is 30.0 Å². The zero-order chi connectivity index (χ0) is 23.4. The first-order valence-electron chi connectivity index (χ1n) is 10.7. The van der Waals surface area contributed by atoms with Crippen molar-refractivity contribution in [1.82, 2.24) is 14.8 Å². The van der Waals surface area contributed by atoms with Gasteiger partial charge in [-0.05, 0) is 50.5 Å². The minimum atomic E-state index is -0.434. The van der Waals surface area contributed by atoms with Crippen LogP contribution in [-0.2, 0) is 16.1 Å². The summed E-state index contributed by atoms with van der Waals surface area (Å²) in [5.41, 5.74) is 2.50. The van der Waals surface area contributed by atoms with Crippen molar-refractivity contribution in [3.8, 4) is 11.4 Å². The molecule has 0 radical (unpaired) electrons. The molecule has 10 heteroatoms. The zero-order valence-electron chi connectivity index (χ0n) is 18.4. The molecule has 0 saturated carbocycles. The predicted octanol–water partition coefficient (Wildman–Crippen LogP) is 4.46. The van der Waals surface area contributed by atoms with Crippen LogP contribution >= 0.6 is 11.8 Å². The Morgan fingerprint density at radius 3 is 2.70 bits per heavy atom. The number of carbonyl (C=O) groups excluding carboxylic acids is 1. The number of nitro groups is 1. The molecule has 1 N–H and O–H groups in total. The number of hydrogen-bond acceptors (Lipinski definition) is 7. The molecule has 1 aromatic heterocycles. The van der Waals surface area contributed by atoms with Crippen LogP contribution < -0.4 is 5.32 Å². The molecule has 0 bridgehead atoms. The standard InChI is InChI=1S/C23H25N5O4S/c1-15-6-3-4-8-20(15)24-22(29)16(2)33-23-26-25-21(27(23)14-19-7-5-13-32-19)17-9-11-18(12-10-17)28(30)31/h3-4,6,8-12,16,19H,5,7,13-14H2,1-2H3,(H,24,29)/t16-,19-/m1/s1. The predicted molar refractivity (Wildman–Crippen MR) is 126 cm³/mol. The van der Waals surface area contributed by atoms with E-state index in [0.717, 1.165) is 36.3 Å². The Labute approximate surface area is 195 Å².